The second kappa shape index (κ2) is 5.10. The third-order valence-electron chi connectivity index (χ3n) is 2.82. The van der Waals surface area contributed by atoms with E-state index in [1.54, 1.807) is 0 Å². The first-order chi connectivity index (χ1) is 9.27. The zero-order chi connectivity index (χ0) is 14.9. The average Bonchev–Trinajstić information content (AvgIpc) is 2.66. The molecular formula is C12H14F3N5. The highest BCUT2D eigenvalue weighted by molar-refractivity contribution is 5.45. The van der Waals surface area contributed by atoms with Gasteiger partial charge in [0.05, 0.1) is 17.9 Å². The summed E-state index contributed by atoms with van der Waals surface area (Å²) in [5, 5.41) is 9.83. The van der Waals surface area contributed by atoms with Crippen LogP contribution in [0.15, 0.2) is 6.07 Å². The van der Waals surface area contributed by atoms with Gasteiger partial charge in [0.15, 0.2) is 5.82 Å². The van der Waals surface area contributed by atoms with Crippen LogP contribution >= 0.6 is 0 Å². The monoisotopic (exact) mass is 285 g/mol. The van der Waals surface area contributed by atoms with E-state index < -0.39 is 11.7 Å². The summed E-state index contributed by atoms with van der Waals surface area (Å²) in [6.07, 6.45) is -4.47. The molecule has 0 amide bonds. The molecule has 2 heterocycles. The SMILES string of the molecule is Cc1cc(C(F)(F)F)c(NCc2nc(C)c(C)[nH]2)nn1. The summed E-state index contributed by atoms with van der Waals surface area (Å²) in [5.41, 5.74) is 1.08. The number of nitrogens with zero attached hydrogens (tertiary/aromatic N) is 3. The van der Waals surface area contributed by atoms with Gasteiger partial charge in [0.1, 0.15) is 11.4 Å². The first-order valence-electron chi connectivity index (χ1n) is 5.95. The van der Waals surface area contributed by atoms with Crippen LogP contribution in [0.1, 0.15) is 28.5 Å². The van der Waals surface area contributed by atoms with Crippen LogP contribution in [0.3, 0.4) is 0 Å². The Balaban J connectivity index is 2.21. The van der Waals surface area contributed by atoms with Gasteiger partial charge in [-0.05, 0) is 26.8 Å². The molecular weight excluding hydrogens is 271 g/mol. The number of aromatic amines is 1. The molecule has 0 aliphatic rings. The Labute approximate surface area is 113 Å². The zero-order valence-electron chi connectivity index (χ0n) is 11.3. The number of hydrogen-bond acceptors (Lipinski definition) is 4. The average molecular weight is 285 g/mol. The minimum atomic E-state index is -4.47. The summed E-state index contributed by atoms with van der Waals surface area (Å²) < 4.78 is 38.7. The van der Waals surface area contributed by atoms with Gasteiger partial charge in [-0.3, -0.25) is 0 Å². The van der Waals surface area contributed by atoms with Crippen LogP contribution in [-0.4, -0.2) is 20.2 Å². The Morgan fingerprint density at radius 2 is 1.90 bits per heavy atom. The molecule has 5 nitrogen and oxygen atoms in total. The van der Waals surface area contributed by atoms with E-state index in [1.165, 1.54) is 6.92 Å². The summed E-state index contributed by atoms with van der Waals surface area (Å²) in [4.78, 5) is 7.17. The zero-order valence-corrected chi connectivity index (χ0v) is 11.3. The first kappa shape index (κ1) is 14.3. The molecule has 108 valence electrons. The van der Waals surface area contributed by atoms with Crippen molar-refractivity contribution in [3.8, 4) is 0 Å². The summed E-state index contributed by atoms with van der Waals surface area (Å²) in [7, 11) is 0. The summed E-state index contributed by atoms with van der Waals surface area (Å²) in [6.45, 7) is 5.25. The molecule has 2 rings (SSSR count). The Bertz CT molecular complexity index is 599. The lowest BCUT2D eigenvalue weighted by atomic mass is 10.2. The van der Waals surface area contributed by atoms with Crippen molar-refractivity contribution in [1.29, 1.82) is 0 Å². The number of halogens is 3. The highest BCUT2D eigenvalue weighted by atomic mass is 19.4. The summed E-state index contributed by atoms with van der Waals surface area (Å²) in [6, 6.07) is 0.966. The standard InChI is InChI=1S/C12H14F3N5/c1-6-4-9(12(13,14)15)11(20-19-6)16-5-10-17-7(2)8(3)18-10/h4H,5H2,1-3H3,(H,16,20)(H,17,18). The van der Waals surface area contributed by atoms with Gasteiger partial charge in [0.2, 0.25) is 0 Å². The largest absolute Gasteiger partial charge is 0.420 e. The number of aryl methyl sites for hydroxylation is 3. The van der Waals surface area contributed by atoms with E-state index >= 15 is 0 Å². The third kappa shape index (κ3) is 3.06. The smallest absolute Gasteiger partial charge is 0.361 e. The molecule has 2 N–H and O–H groups in total. The second-order valence-corrected chi connectivity index (χ2v) is 4.49. The Morgan fingerprint density at radius 1 is 1.20 bits per heavy atom. The van der Waals surface area contributed by atoms with E-state index in [-0.39, 0.29) is 18.1 Å². The molecule has 0 radical (unpaired) electrons. The Hall–Kier alpha value is -2.12. The van der Waals surface area contributed by atoms with Crippen LogP contribution in [0, 0.1) is 20.8 Å². The van der Waals surface area contributed by atoms with E-state index in [1.807, 2.05) is 13.8 Å². The van der Waals surface area contributed by atoms with Crippen LogP contribution in [0.25, 0.3) is 0 Å². The van der Waals surface area contributed by atoms with Gasteiger partial charge in [-0.25, -0.2) is 4.98 Å². The number of alkyl halides is 3. The molecule has 0 saturated heterocycles. The van der Waals surface area contributed by atoms with Crippen molar-refractivity contribution in [1.82, 2.24) is 20.2 Å². The van der Waals surface area contributed by atoms with Crippen LogP contribution in [-0.2, 0) is 12.7 Å². The molecule has 0 bridgehead atoms. The fraction of sp³-hybridized carbons (Fsp3) is 0.417. The maximum atomic E-state index is 12.9. The highest BCUT2D eigenvalue weighted by Crippen LogP contribution is 2.33. The van der Waals surface area contributed by atoms with Gasteiger partial charge < -0.3 is 10.3 Å². The molecule has 8 heteroatoms. The number of anilines is 1. The maximum absolute atomic E-state index is 12.9. The quantitative estimate of drug-likeness (QED) is 0.910. The normalized spacial score (nSPS) is 11.7. The molecule has 2 aromatic rings. The van der Waals surface area contributed by atoms with Gasteiger partial charge in [-0.2, -0.15) is 18.3 Å². The molecule has 2 aromatic heterocycles. The van der Waals surface area contributed by atoms with Gasteiger partial charge in [-0.15, -0.1) is 5.10 Å². The van der Waals surface area contributed by atoms with Crippen molar-refractivity contribution in [2.24, 2.45) is 0 Å². The predicted octanol–water partition coefficient (Wildman–Crippen LogP) is 2.76. The predicted molar refractivity (Wildman–Crippen MR) is 67.2 cm³/mol. The number of nitrogens with one attached hydrogen (secondary N) is 2. The lowest BCUT2D eigenvalue weighted by molar-refractivity contribution is -0.137. The Morgan fingerprint density at radius 3 is 2.45 bits per heavy atom. The van der Waals surface area contributed by atoms with Crippen molar-refractivity contribution < 1.29 is 13.2 Å². The number of hydrogen-bond donors (Lipinski definition) is 2. The fourth-order valence-corrected chi connectivity index (χ4v) is 1.71. The molecule has 0 fully saturated rings. The molecule has 0 aliphatic heterocycles. The number of H-pyrrole nitrogens is 1. The molecule has 0 unspecified atom stereocenters. The molecule has 0 spiro atoms. The topological polar surface area (TPSA) is 66.5 Å². The summed E-state index contributed by atoms with van der Waals surface area (Å²) in [5.74, 6) is 0.255. The lowest BCUT2D eigenvalue weighted by Gasteiger charge is -2.12. The number of imidazole rings is 1. The number of rotatable bonds is 3. The first-order valence-corrected chi connectivity index (χ1v) is 5.95. The van der Waals surface area contributed by atoms with E-state index in [4.69, 9.17) is 0 Å². The van der Waals surface area contributed by atoms with Crippen molar-refractivity contribution in [3.63, 3.8) is 0 Å². The molecule has 0 aliphatic carbocycles. The van der Waals surface area contributed by atoms with Crippen molar-refractivity contribution in [2.45, 2.75) is 33.5 Å². The van der Waals surface area contributed by atoms with Crippen LogP contribution in [0.4, 0.5) is 19.0 Å². The molecule has 0 atom stereocenters. The van der Waals surface area contributed by atoms with Crippen molar-refractivity contribution in [3.05, 3.63) is 34.5 Å². The van der Waals surface area contributed by atoms with Crippen LogP contribution in [0.5, 0.6) is 0 Å². The minimum Gasteiger partial charge on any atom is -0.361 e. The molecule has 0 aromatic carbocycles. The molecule has 0 saturated carbocycles. The van der Waals surface area contributed by atoms with Gasteiger partial charge in [-0.1, -0.05) is 0 Å². The van der Waals surface area contributed by atoms with Crippen molar-refractivity contribution in [2.75, 3.05) is 5.32 Å². The summed E-state index contributed by atoms with van der Waals surface area (Å²) >= 11 is 0. The van der Waals surface area contributed by atoms with Crippen LogP contribution < -0.4 is 5.32 Å². The van der Waals surface area contributed by atoms with E-state index in [0.717, 1.165) is 17.5 Å². The minimum absolute atomic E-state index is 0.121. The third-order valence-corrected chi connectivity index (χ3v) is 2.82. The van der Waals surface area contributed by atoms with Crippen LogP contribution in [0.2, 0.25) is 0 Å². The second-order valence-electron chi connectivity index (χ2n) is 4.49. The van der Waals surface area contributed by atoms with Gasteiger partial charge in [0.25, 0.3) is 0 Å². The van der Waals surface area contributed by atoms with Gasteiger partial charge >= 0.3 is 6.18 Å². The maximum Gasteiger partial charge on any atom is 0.420 e. The van der Waals surface area contributed by atoms with E-state index in [9.17, 15) is 13.2 Å². The fourth-order valence-electron chi connectivity index (χ4n) is 1.71. The lowest BCUT2D eigenvalue weighted by Crippen LogP contribution is -2.14. The molecule has 20 heavy (non-hydrogen) atoms. The van der Waals surface area contributed by atoms with E-state index in [0.29, 0.717) is 5.82 Å². The van der Waals surface area contributed by atoms with Crippen molar-refractivity contribution >= 4 is 5.82 Å². The Kier molecular flexibility index (Phi) is 3.65. The van der Waals surface area contributed by atoms with Gasteiger partial charge in [0, 0.05) is 5.69 Å². The number of aromatic nitrogens is 4. The van der Waals surface area contributed by atoms with E-state index in [2.05, 4.69) is 25.5 Å². The highest BCUT2D eigenvalue weighted by Gasteiger charge is 2.35.